The van der Waals surface area contributed by atoms with Crippen molar-refractivity contribution in [2.45, 2.75) is 70.0 Å². The standard InChI is InChI=1S/C21H33F3N2O/c1-2-20(27)25-12-16-10-17-7-3-4-9-19(17)26(14-16)13-15-6-5-8-18(11-15)21(22,23)24/h2,15-19H,1,3-14H2,(H,25,27). The summed E-state index contributed by atoms with van der Waals surface area (Å²) in [6.07, 6.45) is 5.41. The van der Waals surface area contributed by atoms with Gasteiger partial charge >= 0.3 is 6.18 Å². The Morgan fingerprint density at radius 1 is 1.07 bits per heavy atom. The minimum absolute atomic E-state index is 0.146. The van der Waals surface area contributed by atoms with E-state index in [-0.39, 0.29) is 18.2 Å². The van der Waals surface area contributed by atoms with Gasteiger partial charge in [0, 0.05) is 25.7 Å². The van der Waals surface area contributed by atoms with Gasteiger partial charge < -0.3 is 5.32 Å². The molecule has 3 rings (SSSR count). The molecule has 0 spiro atoms. The van der Waals surface area contributed by atoms with E-state index in [2.05, 4.69) is 16.8 Å². The quantitative estimate of drug-likeness (QED) is 0.704. The molecule has 0 aromatic heterocycles. The van der Waals surface area contributed by atoms with Crippen LogP contribution in [0.25, 0.3) is 0 Å². The van der Waals surface area contributed by atoms with Crippen LogP contribution < -0.4 is 5.32 Å². The number of alkyl halides is 3. The number of hydrogen-bond donors (Lipinski definition) is 1. The first-order chi connectivity index (χ1) is 12.9. The summed E-state index contributed by atoms with van der Waals surface area (Å²) in [7, 11) is 0. The molecular weight excluding hydrogens is 353 g/mol. The van der Waals surface area contributed by atoms with Crippen molar-refractivity contribution in [1.29, 1.82) is 0 Å². The van der Waals surface area contributed by atoms with Crippen molar-refractivity contribution in [2.24, 2.45) is 23.7 Å². The average Bonchev–Trinajstić information content (AvgIpc) is 2.65. The van der Waals surface area contributed by atoms with Gasteiger partial charge in [-0.25, -0.2) is 0 Å². The smallest absolute Gasteiger partial charge is 0.352 e. The molecule has 5 unspecified atom stereocenters. The lowest BCUT2D eigenvalue weighted by atomic mass is 9.73. The molecule has 1 heterocycles. The number of carbonyl (C=O) groups is 1. The van der Waals surface area contributed by atoms with E-state index in [0.29, 0.717) is 37.3 Å². The fourth-order valence-electron chi connectivity index (χ4n) is 5.67. The van der Waals surface area contributed by atoms with Crippen LogP contribution in [0.15, 0.2) is 12.7 Å². The molecule has 5 atom stereocenters. The summed E-state index contributed by atoms with van der Waals surface area (Å²) in [5.74, 6) is -0.108. The van der Waals surface area contributed by atoms with Gasteiger partial charge in [0.05, 0.1) is 5.92 Å². The molecule has 0 aromatic carbocycles. The second-order valence-corrected chi connectivity index (χ2v) is 8.89. The highest BCUT2D eigenvalue weighted by Gasteiger charge is 2.44. The lowest BCUT2D eigenvalue weighted by Gasteiger charge is -2.49. The number of piperidine rings is 1. The van der Waals surface area contributed by atoms with E-state index >= 15 is 0 Å². The zero-order valence-corrected chi connectivity index (χ0v) is 16.1. The summed E-state index contributed by atoms with van der Waals surface area (Å²) >= 11 is 0. The average molecular weight is 387 g/mol. The van der Waals surface area contributed by atoms with E-state index in [9.17, 15) is 18.0 Å². The number of hydrogen-bond acceptors (Lipinski definition) is 2. The van der Waals surface area contributed by atoms with Crippen LogP contribution in [0.3, 0.4) is 0 Å². The first kappa shape index (κ1) is 20.7. The van der Waals surface area contributed by atoms with Gasteiger partial charge in [0.1, 0.15) is 0 Å². The molecule has 0 aromatic rings. The Morgan fingerprint density at radius 3 is 2.59 bits per heavy atom. The molecule has 3 aliphatic rings. The molecule has 0 bridgehead atoms. The van der Waals surface area contributed by atoms with Crippen LogP contribution in [0.1, 0.15) is 57.8 Å². The maximum atomic E-state index is 13.2. The Morgan fingerprint density at radius 2 is 1.85 bits per heavy atom. The molecule has 3 nitrogen and oxygen atoms in total. The summed E-state index contributed by atoms with van der Waals surface area (Å²) in [6.45, 7) is 5.82. The van der Waals surface area contributed by atoms with E-state index in [0.717, 1.165) is 25.9 Å². The molecule has 1 aliphatic heterocycles. The van der Waals surface area contributed by atoms with Gasteiger partial charge in [-0.2, -0.15) is 13.2 Å². The molecule has 1 amide bonds. The van der Waals surface area contributed by atoms with Crippen molar-refractivity contribution < 1.29 is 18.0 Å². The molecule has 0 radical (unpaired) electrons. The molecular formula is C21H33F3N2O. The Bertz CT molecular complexity index is 522. The van der Waals surface area contributed by atoms with Crippen LogP contribution in [0.5, 0.6) is 0 Å². The number of fused-ring (bicyclic) bond motifs is 1. The SMILES string of the molecule is C=CC(=O)NCC1CC2CCCCC2N(CC2CCCC(C(F)(F)F)C2)C1. The van der Waals surface area contributed by atoms with Crippen LogP contribution in [0.2, 0.25) is 0 Å². The van der Waals surface area contributed by atoms with Crippen molar-refractivity contribution in [1.82, 2.24) is 10.2 Å². The lowest BCUT2D eigenvalue weighted by molar-refractivity contribution is -0.186. The van der Waals surface area contributed by atoms with Gasteiger partial charge in [-0.15, -0.1) is 0 Å². The van der Waals surface area contributed by atoms with E-state index < -0.39 is 12.1 Å². The normalized spacial score (nSPS) is 35.3. The number of carbonyl (C=O) groups excluding carboxylic acids is 1. The van der Waals surface area contributed by atoms with Crippen molar-refractivity contribution >= 4 is 5.91 Å². The predicted octanol–water partition coefficient (Wildman–Crippen LogP) is 4.54. The molecule has 1 saturated heterocycles. The van der Waals surface area contributed by atoms with Crippen LogP contribution >= 0.6 is 0 Å². The van der Waals surface area contributed by atoms with Crippen LogP contribution in [-0.4, -0.2) is 42.7 Å². The van der Waals surface area contributed by atoms with Crippen LogP contribution in [0, 0.1) is 23.7 Å². The Hall–Kier alpha value is -1.04. The first-order valence-electron chi connectivity index (χ1n) is 10.6. The monoisotopic (exact) mass is 386 g/mol. The molecule has 27 heavy (non-hydrogen) atoms. The second-order valence-electron chi connectivity index (χ2n) is 8.89. The highest BCUT2D eigenvalue weighted by molar-refractivity contribution is 5.86. The van der Waals surface area contributed by atoms with E-state index in [1.807, 2.05) is 0 Å². The minimum Gasteiger partial charge on any atom is -0.352 e. The van der Waals surface area contributed by atoms with Gasteiger partial charge in [0.25, 0.3) is 0 Å². The minimum atomic E-state index is -4.05. The van der Waals surface area contributed by atoms with Gasteiger partial charge in [0.15, 0.2) is 0 Å². The van der Waals surface area contributed by atoms with Crippen LogP contribution in [0.4, 0.5) is 13.2 Å². The third-order valence-corrected chi connectivity index (χ3v) is 6.96. The summed E-state index contributed by atoms with van der Waals surface area (Å²) in [5.41, 5.74) is 0. The summed E-state index contributed by atoms with van der Waals surface area (Å²) in [5, 5.41) is 2.92. The lowest BCUT2D eigenvalue weighted by Crippen LogP contribution is -2.53. The number of halogens is 3. The van der Waals surface area contributed by atoms with Gasteiger partial charge in [0.2, 0.25) is 5.91 Å². The third-order valence-electron chi connectivity index (χ3n) is 6.96. The fraction of sp³-hybridized carbons (Fsp3) is 0.857. The Balaban J connectivity index is 1.62. The predicted molar refractivity (Wildman–Crippen MR) is 100 cm³/mol. The summed E-state index contributed by atoms with van der Waals surface area (Å²) in [6, 6.07) is 0.524. The molecule has 6 heteroatoms. The van der Waals surface area contributed by atoms with Crippen molar-refractivity contribution in [2.75, 3.05) is 19.6 Å². The zero-order chi connectivity index (χ0) is 19.4. The molecule has 154 valence electrons. The third kappa shape index (κ3) is 5.49. The summed E-state index contributed by atoms with van der Waals surface area (Å²) < 4.78 is 39.5. The molecule has 2 aliphatic carbocycles. The summed E-state index contributed by atoms with van der Waals surface area (Å²) in [4.78, 5) is 14.0. The largest absolute Gasteiger partial charge is 0.391 e. The number of nitrogens with zero attached hydrogens (tertiary/aromatic N) is 1. The zero-order valence-electron chi connectivity index (χ0n) is 16.1. The molecule has 2 saturated carbocycles. The second kappa shape index (κ2) is 8.97. The van der Waals surface area contributed by atoms with Crippen molar-refractivity contribution in [3.63, 3.8) is 0 Å². The van der Waals surface area contributed by atoms with Gasteiger partial charge in [-0.05, 0) is 62.4 Å². The molecule has 3 fully saturated rings. The van der Waals surface area contributed by atoms with Gasteiger partial charge in [-0.1, -0.05) is 25.8 Å². The number of amides is 1. The highest BCUT2D eigenvalue weighted by atomic mass is 19.4. The van der Waals surface area contributed by atoms with Crippen LogP contribution in [-0.2, 0) is 4.79 Å². The Labute approximate surface area is 160 Å². The van der Waals surface area contributed by atoms with E-state index in [1.165, 1.54) is 31.8 Å². The first-order valence-corrected chi connectivity index (χ1v) is 10.6. The number of nitrogens with one attached hydrogen (secondary N) is 1. The van der Waals surface area contributed by atoms with E-state index in [1.54, 1.807) is 0 Å². The maximum Gasteiger partial charge on any atom is 0.391 e. The van der Waals surface area contributed by atoms with Crippen molar-refractivity contribution in [3.05, 3.63) is 12.7 Å². The fourth-order valence-corrected chi connectivity index (χ4v) is 5.67. The Kier molecular flexibility index (Phi) is 6.88. The topological polar surface area (TPSA) is 32.3 Å². The van der Waals surface area contributed by atoms with Gasteiger partial charge in [-0.3, -0.25) is 9.69 Å². The maximum absolute atomic E-state index is 13.2. The highest BCUT2D eigenvalue weighted by Crippen LogP contribution is 2.42. The molecule has 1 N–H and O–H groups in total. The van der Waals surface area contributed by atoms with Crippen molar-refractivity contribution in [3.8, 4) is 0 Å². The van der Waals surface area contributed by atoms with E-state index in [4.69, 9.17) is 0 Å². The number of rotatable bonds is 5. The number of likely N-dealkylation sites (tertiary alicyclic amines) is 1.